The molecule has 0 unspecified atom stereocenters. The molecule has 1 fully saturated rings. The van der Waals surface area contributed by atoms with Crippen molar-refractivity contribution in [3.05, 3.63) is 36.0 Å². The molecule has 1 aliphatic heterocycles. The summed E-state index contributed by atoms with van der Waals surface area (Å²) >= 11 is 0. The molecule has 3 nitrogen and oxygen atoms in total. The summed E-state index contributed by atoms with van der Waals surface area (Å²) in [7, 11) is 0. The monoisotopic (exact) mass is 242 g/mol. The highest BCUT2D eigenvalue weighted by Crippen LogP contribution is 2.20. The molecule has 3 rings (SSSR count). The van der Waals surface area contributed by atoms with Gasteiger partial charge in [-0.25, -0.2) is 0 Å². The summed E-state index contributed by atoms with van der Waals surface area (Å²) in [5.74, 6) is 0.915. The topological polar surface area (TPSA) is 36.1 Å². The molecule has 94 valence electrons. The van der Waals surface area contributed by atoms with Gasteiger partial charge in [-0.3, -0.25) is 4.79 Å². The first kappa shape index (κ1) is 11.3. The third kappa shape index (κ3) is 2.01. The Hall–Kier alpha value is -1.77. The highest BCUT2D eigenvalue weighted by Gasteiger charge is 2.21. The minimum absolute atomic E-state index is 0.165. The summed E-state index contributed by atoms with van der Waals surface area (Å²) in [6.45, 7) is 4.04. The van der Waals surface area contributed by atoms with Gasteiger partial charge in [0.05, 0.1) is 0 Å². The Morgan fingerprint density at radius 1 is 1.28 bits per heavy atom. The molecule has 0 aliphatic carbocycles. The second-order valence-electron chi connectivity index (χ2n) is 5.25. The molecule has 1 saturated heterocycles. The number of nitrogens with zero attached hydrogens (tertiary/aromatic N) is 1. The lowest BCUT2D eigenvalue weighted by atomic mass is 9.98. The SMILES string of the molecule is CC1CCN(C(=O)c2ccc3cc[nH]c3c2)CC1. The normalized spacial score (nSPS) is 17.3. The van der Waals surface area contributed by atoms with E-state index in [0.29, 0.717) is 0 Å². The Kier molecular flexibility index (Phi) is 2.82. The molecule has 0 radical (unpaired) electrons. The second kappa shape index (κ2) is 4.48. The number of aromatic nitrogens is 1. The van der Waals surface area contributed by atoms with Crippen molar-refractivity contribution in [2.45, 2.75) is 19.8 Å². The fourth-order valence-electron chi connectivity index (χ4n) is 2.58. The van der Waals surface area contributed by atoms with Gasteiger partial charge < -0.3 is 9.88 Å². The number of H-pyrrole nitrogens is 1. The van der Waals surface area contributed by atoms with Gasteiger partial charge >= 0.3 is 0 Å². The highest BCUT2D eigenvalue weighted by molar-refractivity contribution is 5.97. The molecule has 0 bridgehead atoms. The first-order valence-electron chi connectivity index (χ1n) is 6.60. The summed E-state index contributed by atoms with van der Waals surface area (Å²) in [4.78, 5) is 17.5. The van der Waals surface area contributed by atoms with Crippen molar-refractivity contribution in [3.8, 4) is 0 Å². The predicted octanol–water partition coefficient (Wildman–Crippen LogP) is 3.04. The highest BCUT2D eigenvalue weighted by atomic mass is 16.2. The van der Waals surface area contributed by atoms with Gasteiger partial charge in [-0.2, -0.15) is 0 Å². The molecule has 1 amide bonds. The van der Waals surface area contributed by atoms with Crippen molar-refractivity contribution in [2.75, 3.05) is 13.1 Å². The van der Waals surface area contributed by atoms with E-state index < -0.39 is 0 Å². The largest absolute Gasteiger partial charge is 0.361 e. The first-order chi connectivity index (χ1) is 8.74. The number of amides is 1. The molecule has 0 saturated carbocycles. The van der Waals surface area contributed by atoms with E-state index in [2.05, 4.69) is 11.9 Å². The number of hydrogen-bond donors (Lipinski definition) is 1. The van der Waals surface area contributed by atoms with E-state index in [0.717, 1.165) is 48.3 Å². The number of rotatable bonds is 1. The number of nitrogens with one attached hydrogen (secondary N) is 1. The Morgan fingerprint density at radius 3 is 2.83 bits per heavy atom. The lowest BCUT2D eigenvalue weighted by molar-refractivity contribution is 0.0697. The van der Waals surface area contributed by atoms with Crippen LogP contribution in [-0.4, -0.2) is 28.9 Å². The van der Waals surface area contributed by atoms with Gasteiger partial charge in [0.1, 0.15) is 0 Å². The van der Waals surface area contributed by atoms with Crippen LogP contribution in [0, 0.1) is 5.92 Å². The lowest BCUT2D eigenvalue weighted by Gasteiger charge is -2.30. The number of carbonyl (C=O) groups excluding carboxylic acids is 1. The van der Waals surface area contributed by atoms with E-state index in [1.807, 2.05) is 35.4 Å². The molecule has 2 heterocycles. The number of hydrogen-bond acceptors (Lipinski definition) is 1. The van der Waals surface area contributed by atoms with Gasteiger partial charge in [-0.15, -0.1) is 0 Å². The Morgan fingerprint density at radius 2 is 2.06 bits per heavy atom. The van der Waals surface area contributed by atoms with Crippen LogP contribution in [0.1, 0.15) is 30.1 Å². The van der Waals surface area contributed by atoms with Crippen molar-refractivity contribution >= 4 is 16.8 Å². The molecule has 3 heteroatoms. The molecule has 1 aromatic carbocycles. The number of fused-ring (bicyclic) bond motifs is 1. The van der Waals surface area contributed by atoms with Gasteiger partial charge in [0, 0.05) is 30.4 Å². The van der Waals surface area contributed by atoms with Crippen LogP contribution >= 0.6 is 0 Å². The van der Waals surface area contributed by atoms with Crippen molar-refractivity contribution in [3.63, 3.8) is 0 Å². The average Bonchev–Trinajstić information content (AvgIpc) is 2.86. The zero-order chi connectivity index (χ0) is 12.5. The molecular formula is C15H18N2O. The number of benzene rings is 1. The molecule has 0 spiro atoms. The Bertz CT molecular complexity index is 565. The third-order valence-corrected chi connectivity index (χ3v) is 3.87. The van der Waals surface area contributed by atoms with Crippen molar-refractivity contribution in [1.29, 1.82) is 0 Å². The average molecular weight is 242 g/mol. The summed E-state index contributed by atoms with van der Waals surface area (Å²) in [5.41, 5.74) is 1.82. The fraction of sp³-hybridized carbons (Fsp3) is 0.400. The van der Waals surface area contributed by atoms with E-state index in [1.54, 1.807) is 0 Å². The Labute approximate surface area is 107 Å². The summed E-state index contributed by atoms with van der Waals surface area (Å²) in [6.07, 6.45) is 4.15. The van der Waals surface area contributed by atoms with E-state index in [9.17, 15) is 4.79 Å². The zero-order valence-corrected chi connectivity index (χ0v) is 10.6. The molecule has 1 N–H and O–H groups in total. The number of aromatic amines is 1. The summed E-state index contributed by atoms with van der Waals surface area (Å²) < 4.78 is 0. The van der Waals surface area contributed by atoms with Crippen LogP contribution < -0.4 is 0 Å². The standard InChI is InChI=1S/C15H18N2O/c1-11-5-8-17(9-6-11)15(18)13-3-2-12-4-7-16-14(12)10-13/h2-4,7,10-11,16H,5-6,8-9H2,1H3. The molecule has 18 heavy (non-hydrogen) atoms. The maximum Gasteiger partial charge on any atom is 0.253 e. The minimum atomic E-state index is 0.165. The van der Waals surface area contributed by atoms with Crippen LogP contribution in [0.5, 0.6) is 0 Å². The third-order valence-electron chi connectivity index (χ3n) is 3.87. The minimum Gasteiger partial charge on any atom is -0.361 e. The van der Waals surface area contributed by atoms with Gasteiger partial charge in [0.15, 0.2) is 0 Å². The molecule has 2 aromatic rings. The van der Waals surface area contributed by atoms with E-state index in [4.69, 9.17) is 0 Å². The number of carbonyl (C=O) groups is 1. The summed E-state index contributed by atoms with van der Waals surface area (Å²) in [6, 6.07) is 7.91. The molecular weight excluding hydrogens is 224 g/mol. The zero-order valence-electron chi connectivity index (χ0n) is 10.6. The van der Waals surface area contributed by atoms with Crippen molar-refractivity contribution in [2.24, 2.45) is 5.92 Å². The first-order valence-corrected chi connectivity index (χ1v) is 6.60. The lowest BCUT2D eigenvalue weighted by Crippen LogP contribution is -2.37. The quantitative estimate of drug-likeness (QED) is 0.819. The number of likely N-dealkylation sites (tertiary alicyclic amines) is 1. The molecule has 1 aliphatic rings. The van der Waals surface area contributed by atoms with Crippen LogP contribution in [0.15, 0.2) is 30.5 Å². The van der Waals surface area contributed by atoms with Gasteiger partial charge in [-0.05, 0) is 42.3 Å². The van der Waals surface area contributed by atoms with Crippen molar-refractivity contribution < 1.29 is 4.79 Å². The van der Waals surface area contributed by atoms with Crippen LogP contribution in [0.4, 0.5) is 0 Å². The number of piperidine rings is 1. The van der Waals surface area contributed by atoms with Crippen molar-refractivity contribution in [1.82, 2.24) is 9.88 Å². The maximum atomic E-state index is 12.4. The Balaban J connectivity index is 1.82. The van der Waals surface area contributed by atoms with Gasteiger partial charge in [0.2, 0.25) is 0 Å². The smallest absolute Gasteiger partial charge is 0.253 e. The molecule has 1 aromatic heterocycles. The van der Waals surface area contributed by atoms with Crippen LogP contribution in [0.3, 0.4) is 0 Å². The molecule has 0 atom stereocenters. The second-order valence-corrected chi connectivity index (χ2v) is 5.25. The van der Waals surface area contributed by atoms with Crippen LogP contribution in [0.2, 0.25) is 0 Å². The maximum absolute atomic E-state index is 12.4. The van der Waals surface area contributed by atoms with Crippen LogP contribution in [0.25, 0.3) is 10.9 Å². The fourth-order valence-corrected chi connectivity index (χ4v) is 2.58. The predicted molar refractivity (Wildman–Crippen MR) is 72.6 cm³/mol. The van der Waals surface area contributed by atoms with E-state index >= 15 is 0 Å². The van der Waals surface area contributed by atoms with Gasteiger partial charge in [-0.1, -0.05) is 13.0 Å². The van der Waals surface area contributed by atoms with Gasteiger partial charge in [0.25, 0.3) is 5.91 Å². The summed E-state index contributed by atoms with van der Waals surface area (Å²) in [5, 5.41) is 1.15. The van der Waals surface area contributed by atoms with E-state index in [1.165, 1.54) is 0 Å². The van der Waals surface area contributed by atoms with E-state index in [-0.39, 0.29) is 5.91 Å². The van der Waals surface area contributed by atoms with Crippen LogP contribution in [-0.2, 0) is 0 Å².